The second-order valence-electron chi connectivity index (χ2n) is 7.88. The minimum atomic E-state index is -0.151. The molecule has 1 aliphatic carbocycles. The summed E-state index contributed by atoms with van der Waals surface area (Å²) in [6.07, 6.45) is 10.6. The molecule has 0 atom stereocenters. The summed E-state index contributed by atoms with van der Waals surface area (Å²) in [6.45, 7) is 4.47. The van der Waals surface area contributed by atoms with Crippen LogP contribution >= 0.6 is 0 Å². The fourth-order valence-electron chi connectivity index (χ4n) is 4.45. The van der Waals surface area contributed by atoms with Crippen LogP contribution in [0.5, 0.6) is 5.75 Å². The van der Waals surface area contributed by atoms with Gasteiger partial charge in [-0.15, -0.1) is 0 Å². The van der Waals surface area contributed by atoms with Gasteiger partial charge < -0.3 is 14.3 Å². The standard InChI is InChI=1S/C23H26N6O2/c1-3-18-20-22(29(27-18)15-7-5-6-8-15)25-21(26-23(20)30)17-10-9-16(13-19(17)31-4-2)28-12-11-24-14-28/h9-15H,3-8H2,1-2H3,(H,25,26,30). The van der Waals surface area contributed by atoms with E-state index in [1.807, 2.05) is 47.5 Å². The van der Waals surface area contributed by atoms with E-state index in [1.165, 1.54) is 12.8 Å². The smallest absolute Gasteiger partial charge is 0.262 e. The van der Waals surface area contributed by atoms with Crippen LogP contribution in [0.25, 0.3) is 28.1 Å². The predicted octanol–water partition coefficient (Wildman–Crippen LogP) is 4.05. The maximum Gasteiger partial charge on any atom is 0.262 e. The normalized spacial score (nSPS) is 14.5. The lowest BCUT2D eigenvalue weighted by Gasteiger charge is -2.13. The first-order chi connectivity index (χ1) is 15.2. The molecule has 1 N–H and O–H groups in total. The number of aromatic amines is 1. The second-order valence-corrected chi connectivity index (χ2v) is 7.88. The van der Waals surface area contributed by atoms with E-state index in [4.69, 9.17) is 14.8 Å². The maximum absolute atomic E-state index is 13.1. The zero-order valence-electron chi connectivity index (χ0n) is 17.8. The molecule has 1 fully saturated rings. The molecule has 3 heterocycles. The summed E-state index contributed by atoms with van der Waals surface area (Å²) in [5, 5.41) is 5.39. The van der Waals surface area contributed by atoms with Crippen LogP contribution < -0.4 is 10.3 Å². The highest BCUT2D eigenvalue weighted by atomic mass is 16.5. The molecule has 0 saturated heterocycles. The van der Waals surface area contributed by atoms with Crippen molar-refractivity contribution in [3.63, 3.8) is 0 Å². The number of H-pyrrole nitrogens is 1. The van der Waals surface area contributed by atoms with Gasteiger partial charge in [0.25, 0.3) is 5.56 Å². The Labute approximate surface area is 179 Å². The average molecular weight is 419 g/mol. The van der Waals surface area contributed by atoms with Crippen molar-refractivity contribution in [2.45, 2.75) is 52.0 Å². The first-order valence-electron chi connectivity index (χ1n) is 11.0. The highest BCUT2D eigenvalue weighted by Gasteiger charge is 2.24. The number of fused-ring (bicyclic) bond motifs is 1. The van der Waals surface area contributed by atoms with E-state index < -0.39 is 0 Å². The molecule has 3 aromatic heterocycles. The molecular formula is C23H26N6O2. The van der Waals surface area contributed by atoms with Gasteiger partial charge in [-0.2, -0.15) is 5.10 Å². The molecule has 0 amide bonds. The fourth-order valence-corrected chi connectivity index (χ4v) is 4.45. The van der Waals surface area contributed by atoms with Crippen molar-refractivity contribution in [1.29, 1.82) is 0 Å². The lowest BCUT2D eigenvalue weighted by atomic mass is 10.1. The topological polar surface area (TPSA) is 90.6 Å². The van der Waals surface area contributed by atoms with E-state index in [2.05, 4.69) is 9.97 Å². The van der Waals surface area contributed by atoms with Gasteiger partial charge in [0.1, 0.15) is 17.0 Å². The minimum Gasteiger partial charge on any atom is -0.493 e. The van der Waals surface area contributed by atoms with E-state index in [9.17, 15) is 4.79 Å². The van der Waals surface area contributed by atoms with Crippen LogP contribution in [0.3, 0.4) is 0 Å². The summed E-state index contributed by atoms with van der Waals surface area (Å²) < 4.78 is 9.82. The van der Waals surface area contributed by atoms with Crippen molar-refractivity contribution < 1.29 is 4.74 Å². The van der Waals surface area contributed by atoms with Crippen molar-refractivity contribution in [3.05, 3.63) is 53.0 Å². The zero-order chi connectivity index (χ0) is 21.4. The summed E-state index contributed by atoms with van der Waals surface area (Å²) in [7, 11) is 0. The van der Waals surface area contributed by atoms with Gasteiger partial charge >= 0.3 is 0 Å². The van der Waals surface area contributed by atoms with Gasteiger partial charge in [-0.3, -0.25) is 4.79 Å². The maximum atomic E-state index is 13.1. The zero-order valence-corrected chi connectivity index (χ0v) is 17.8. The monoisotopic (exact) mass is 418 g/mol. The van der Waals surface area contributed by atoms with Crippen LogP contribution in [0.4, 0.5) is 0 Å². The third-order valence-corrected chi connectivity index (χ3v) is 5.96. The van der Waals surface area contributed by atoms with Gasteiger partial charge in [0.2, 0.25) is 0 Å². The van der Waals surface area contributed by atoms with Crippen molar-refractivity contribution in [3.8, 4) is 22.8 Å². The SMILES string of the molecule is CCOc1cc(-n2ccnc2)ccc1-c1nc2c(c(CC)nn2C2CCCC2)c(=O)[nH]1. The molecule has 160 valence electrons. The van der Waals surface area contributed by atoms with E-state index >= 15 is 0 Å². The molecule has 0 radical (unpaired) electrons. The molecule has 8 nitrogen and oxygen atoms in total. The summed E-state index contributed by atoms with van der Waals surface area (Å²) in [5.41, 5.74) is 3.01. The fraction of sp³-hybridized carbons (Fsp3) is 0.391. The van der Waals surface area contributed by atoms with Crippen molar-refractivity contribution in [1.82, 2.24) is 29.3 Å². The number of aromatic nitrogens is 6. The van der Waals surface area contributed by atoms with Crippen LogP contribution in [0.15, 0.2) is 41.7 Å². The van der Waals surface area contributed by atoms with Crippen molar-refractivity contribution in [2.75, 3.05) is 6.61 Å². The van der Waals surface area contributed by atoms with E-state index in [1.54, 1.807) is 12.5 Å². The molecule has 31 heavy (non-hydrogen) atoms. The number of rotatable bonds is 6. The summed E-state index contributed by atoms with van der Waals surface area (Å²) in [4.78, 5) is 25.1. The summed E-state index contributed by atoms with van der Waals surface area (Å²) >= 11 is 0. The van der Waals surface area contributed by atoms with Crippen LogP contribution in [-0.2, 0) is 6.42 Å². The highest BCUT2D eigenvalue weighted by molar-refractivity contribution is 5.80. The number of aryl methyl sites for hydroxylation is 1. The molecule has 1 aliphatic rings. The quantitative estimate of drug-likeness (QED) is 0.510. The first kappa shape index (κ1) is 19.5. The molecule has 0 unspecified atom stereocenters. The molecule has 0 bridgehead atoms. The number of ether oxygens (including phenoxy) is 1. The number of hydrogen-bond acceptors (Lipinski definition) is 5. The Morgan fingerprint density at radius 1 is 1.23 bits per heavy atom. The van der Waals surface area contributed by atoms with Gasteiger partial charge in [-0.25, -0.2) is 14.6 Å². The highest BCUT2D eigenvalue weighted by Crippen LogP contribution is 2.34. The lowest BCUT2D eigenvalue weighted by Crippen LogP contribution is -2.13. The Morgan fingerprint density at radius 2 is 2.06 bits per heavy atom. The second kappa shape index (κ2) is 8.02. The molecule has 0 spiro atoms. The number of hydrogen-bond donors (Lipinski definition) is 1. The Morgan fingerprint density at radius 3 is 2.77 bits per heavy atom. The van der Waals surface area contributed by atoms with Crippen LogP contribution in [-0.4, -0.2) is 35.9 Å². The molecule has 1 saturated carbocycles. The number of nitrogens with zero attached hydrogens (tertiary/aromatic N) is 5. The van der Waals surface area contributed by atoms with Gasteiger partial charge in [0.05, 0.1) is 35.9 Å². The largest absolute Gasteiger partial charge is 0.493 e. The summed E-state index contributed by atoms with van der Waals surface area (Å²) in [6, 6.07) is 6.15. The number of benzene rings is 1. The van der Waals surface area contributed by atoms with Gasteiger partial charge in [-0.1, -0.05) is 19.8 Å². The Kier molecular flexibility index (Phi) is 5.05. The molecule has 0 aliphatic heterocycles. The third kappa shape index (κ3) is 3.41. The Balaban J connectivity index is 1.68. The molecular weight excluding hydrogens is 392 g/mol. The Bertz CT molecular complexity index is 1270. The van der Waals surface area contributed by atoms with Crippen LogP contribution in [0, 0.1) is 0 Å². The average Bonchev–Trinajstić information content (AvgIpc) is 3.54. The van der Waals surface area contributed by atoms with Gasteiger partial charge in [0, 0.05) is 18.5 Å². The molecule has 1 aromatic carbocycles. The van der Waals surface area contributed by atoms with E-state index in [0.29, 0.717) is 41.7 Å². The van der Waals surface area contributed by atoms with Crippen molar-refractivity contribution in [2.24, 2.45) is 0 Å². The first-order valence-corrected chi connectivity index (χ1v) is 11.0. The van der Waals surface area contributed by atoms with Gasteiger partial charge in [0.15, 0.2) is 5.65 Å². The Hall–Kier alpha value is -3.42. The summed E-state index contributed by atoms with van der Waals surface area (Å²) in [5.74, 6) is 1.17. The predicted molar refractivity (Wildman–Crippen MR) is 119 cm³/mol. The molecule has 8 heteroatoms. The molecule has 5 rings (SSSR count). The van der Waals surface area contributed by atoms with Crippen LogP contribution in [0.1, 0.15) is 51.3 Å². The van der Waals surface area contributed by atoms with Crippen LogP contribution in [0.2, 0.25) is 0 Å². The number of imidazole rings is 1. The third-order valence-electron chi connectivity index (χ3n) is 5.96. The number of nitrogens with one attached hydrogen (secondary N) is 1. The van der Waals surface area contributed by atoms with Gasteiger partial charge in [-0.05, 0) is 38.3 Å². The van der Waals surface area contributed by atoms with E-state index in [-0.39, 0.29) is 5.56 Å². The van der Waals surface area contributed by atoms with E-state index in [0.717, 1.165) is 29.8 Å². The minimum absolute atomic E-state index is 0.151. The lowest BCUT2D eigenvalue weighted by molar-refractivity contribution is 0.341. The van der Waals surface area contributed by atoms with Crippen molar-refractivity contribution >= 4 is 11.0 Å². The molecule has 4 aromatic rings.